The molecule has 1 nitrogen and oxygen atoms in total. The Hall–Kier alpha value is -1.83. The smallest absolute Gasteiger partial charge is 0.130 e. The Kier molecular flexibility index (Phi) is 2.68. The van der Waals surface area contributed by atoms with Crippen molar-refractivity contribution in [3.8, 4) is 11.5 Å². The molecule has 0 aliphatic carbocycles. The average Bonchev–Trinajstić information content (AvgIpc) is 2.17. The van der Waals surface area contributed by atoms with Gasteiger partial charge < -0.3 is 4.74 Å². The van der Waals surface area contributed by atoms with E-state index in [2.05, 4.69) is 0 Å². The fourth-order valence-electron chi connectivity index (χ4n) is 1.24. The van der Waals surface area contributed by atoms with Crippen LogP contribution in [-0.2, 0) is 0 Å². The van der Waals surface area contributed by atoms with Crippen molar-refractivity contribution in [3.63, 3.8) is 0 Å². The molecule has 0 fully saturated rings. The molecular weight excluding hydrogens is 191 g/mol. The second-order valence-electron chi connectivity index (χ2n) is 3.13. The molecule has 74 valence electrons. The van der Waals surface area contributed by atoms with Crippen LogP contribution >= 0.6 is 0 Å². The van der Waals surface area contributed by atoms with Crippen molar-refractivity contribution >= 4 is 0 Å². The lowest BCUT2D eigenvalue weighted by Gasteiger charge is -2.05. The Bertz CT molecular complexity index is 422. The summed E-state index contributed by atoms with van der Waals surface area (Å²) in [5.74, 6) is 0.734. The highest BCUT2D eigenvalue weighted by atomic mass is 19.1. The lowest BCUT2D eigenvalue weighted by atomic mass is 10.2. The third-order valence-corrected chi connectivity index (χ3v) is 1.89. The van der Waals surface area contributed by atoms with Crippen molar-refractivity contribution < 1.29 is 9.13 Å². The fourth-order valence-corrected chi connectivity index (χ4v) is 1.24. The summed E-state index contributed by atoms with van der Waals surface area (Å²) in [5.41, 5.74) is 0.615. The lowest BCUT2D eigenvalue weighted by molar-refractivity contribution is 0.476. The maximum Gasteiger partial charge on any atom is 0.130 e. The molecule has 2 aromatic carbocycles. The molecule has 0 bridgehead atoms. The molecule has 15 heavy (non-hydrogen) atoms. The molecule has 0 aliphatic rings. The first-order valence-electron chi connectivity index (χ1n) is 4.53. The first-order valence-corrected chi connectivity index (χ1v) is 4.53. The summed E-state index contributed by atoms with van der Waals surface area (Å²) in [6, 6.07) is 13.0. The fraction of sp³-hybridized carbons (Fsp3) is 0. The van der Waals surface area contributed by atoms with Gasteiger partial charge in [-0.15, -0.1) is 0 Å². The van der Waals surface area contributed by atoms with Gasteiger partial charge in [0.15, 0.2) is 0 Å². The van der Waals surface area contributed by atoms with Crippen LogP contribution in [0.2, 0.25) is 0 Å². The molecule has 0 heterocycles. The van der Waals surface area contributed by atoms with E-state index in [0.717, 1.165) is 0 Å². The van der Waals surface area contributed by atoms with E-state index in [4.69, 9.17) is 11.7 Å². The molecule has 0 unspecified atom stereocenters. The van der Waals surface area contributed by atoms with Gasteiger partial charge in [-0.1, -0.05) is 18.2 Å². The van der Waals surface area contributed by atoms with Gasteiger partial charge >= 0.3 is 0 Å². The van der Waals surface area contributed by atoms with Crippen LogP contribution in [0.5, 0.6) is 11.5 Å². The van der Waals surface area contributed by atoms with Gasteiger partial charge in [0.05, 0.1) is 0 Å². The van der Waals surface area contributed by atoms with Crippen molar-refractivity contribution in [3.05, 3.63) is 66.8 Å². The summed E-state index contributed by atoms with van der Waals surface area (Å²) in [7, 11) is 0. The number of rotatable bonds is 2. The topological polar surface area (TPSA) is 9.23 Å². The lowest BCUT2D eigenvalue weighted by Crippen LogP contribution is -1.85. The van der Waals surface area contributed by atoms with Crippen molar-refractivity contribution in [2.24, 2.45) is 0 Å². The Labute approximate surface area is 88.1 Å². The van der Waals surface area contributed by atoms with Crippen LogP contribution < -0.4 is 4.74 Å². The van der Waals surface area contributed by atoms with Gasteiger partial charge in [-0.05, 0) is 36.8 Å². The normalized spacial score (nSPS) is 10.0. The van der Waals surface area contributed by atoms with Crippen LogP contribution in [0.3, 0.4) is 0 Å². The molecule has 2 radical (unpaired) electrons. The zero-order chi connectivity index (χ0) is 10.7. The summed E-state index contributed by atoms with van der Waals surface area (Å²) >= 11 is 0. The van der Waals surface area contributed by atoms with Gasteiger partial charge in [0.2, 0.25) is 0 Å². The van der Waals surface area contributed by atoms with Gasteiger partial charge in [0, 0.05) is 6.07 Å². The molecule has 2 heteroatoms. The number of hydrogen-bond donors (Lipinski definition) is 0. The molecule has 2 rings (SSSR count). The Morgan fingerprint density at radius 3 is 2.27 bits per heavy atom. The van der Waals surface area contributed by atoms with Gasteiger partial charge in [-0.2, -0.15) is 0 Å². The van der Waals surface area contributed by atoms with Crippen molar-refractivity contribution in [2.45, 2.75) is 0 Å². The highest BCUT2D eigenvalue weighted by Gasteiger charge is 1.98. The minimum Gasteiger partial charge on any atom is -0.457 e. The minimum atomic E-state index is -0.323. The molecular formula is C13H9FO. The maximum absolute atomic E-state index is 12.8. The van der Waals surface area contributed by atoms with Crippen LogP contribution in [0.4, 0.5) is 4.39 Å². The summed E-state index contributed by atoms with van der Waals surface area (Å²) in [6.45, 7) is 5.59. The highest BCUT2D eigenvalue weighted by Crippen LogP contribution is 2.22. The Balaban J connectivity index is 2.22. The second kappa shape index (κ2) is 4.13. The number of hydrogen-bond acceptors (Lipinski definition) is 1. The van der Waals surface area contributed by atoms with E-state index >= 15 is 0 Å². The van der Waals surface area contributed by atoms with Crippen molar-refractivity contribution in [1.29, 1.82) is 0 Å². The van der Waals surface area contributed by atoms with Crippen LogP contribution in [-0.4, -0.2) is 0 Å². The molecule has 0 aromatic heterocycles. The molecule has 0 N–H and O–H groups in total. The number of benzene rings is 2. The van der Waals surface area contributed by atoms with Gasteiger partial charge in [-0.3, -0.25) is 0 Å². The summed E-state index contributed by atoms with van der Waals surface area (Å²) in [5, 5.41) is 0. The number of ether oxygens (including phenoxy) is 1. The maximum atomic E-state index is 12.8. The third kappa shape index (κ3) is 2.56. The van der Waals surface area contributed by atoms with Gasteiger partial charge in [0.25, 0.3) is 0 Å². The zero-order valence-corrected chi connectivity index (χ0v) is 7.98. The number of halogens is 1. The molecule has 0 amide bonds. The third-order valence-electron chi connectivity index (χ3n) is 1.89. The van der Waals surface area contributed by atoms with Crippen LogP contribution in [0, 0.1) is 12.7 Å². The average molecular weight is 200 g/mol. The van der Waals surface area contributed by atoms with E-state index in [-0.39, 0.29) is 5.82 Å². The van der Waals surface area contributed by atoms with Crippen molar-refractivity contribution in [2.75, 3.05) is 0 Å². The Morgan fingerprint density at radius 1 is 0.933 bits per heavy atom. The summed E-state index contributed by atoms with van der Waals surface area (Å²) in [4.78, 5) is 0. The quantitative estimate of drug-likeness (QED) is 0.718. The van der Waals surface area contributed by atoms with Crippen LogP contribution in [0.25, 0.3) is 0 Å². The van der Waals surface area contributed by atoms with E-state index in [1.165, 1.54) is 12.1 Å². The summed E-state index contributed by atoms with van der Waals surface area (Å²) < 4.78 is 18.3. The predicted octanol–water partition coefficient (Wildman–Crippen LogP) is 3.68. The van der Waals surface area contributed by atoms with E-state index in [9.17, 15) is 4.39 Å². The molecule has 0 aliphatic heterocycles. The zero-order valence-electron chi connectivity index (χ0n) is 7.98. The van der Waals surface area contributed by atoms with E-state index in [0.29, 0.717) is 17.1 Å². The monoisotopic (exact) mass is 200 g/mol. The summed E-state index contributed by atoms with van der Waals surface area (Å²) in [6.07, 6.45) is 0. The first-order chi connectivity index (χ1) is 7.24. The highest BCUT2D eigenvalue weighted by molar-refractivity contribution is 5.34. The van der Waals surface area contributed by atoms with E-state index in [1.807, 2.05) is 0 Å². The molecule has 0 saturated heterocycles. The van der Waals surface area contributed by atoms with Crippen molar-refractivity contribution in [1.82, 2.24) is 0 Å². The predicted molar refractivity (Wildman–Crippen MR) is 56.3 cm³/mol. The molecule has 0 spiro atoms. The standard InChI is InChI=1S/C13H9FO/c1-10-4-2-6-12(8-10)15-13-7-3-5-11(14)9-13/h1-9H. The molecule has 0 saturated carbocycles. The van der Waals surface area contributed by atoms with Crippen LogP contribution in [0.15, 0.2) is 48.5 Å². The molecule has 2 aromatic rings. The largest absolute Gasteiger partial charge is 0.457 e. The SMILES string of the molecule is [CH]c1cccc(Oc2cccc(F)c2)c1. The molecule has 0 atom stereocenters. The second-order valence-corrected chi connectivity index (χ2v) is 3.13. The Morgan fingerprint density at radius 2 is 1.60 bits per heavy atom. The van der Waals surface area contributed by atoms with Crippen LogP contribution in [0.1, 0.15) is 5.56 Å². The van der Waals surface area contributed by atoms with E-state index < -0.39 is 0 Å². The van der Waals surface area contributed by atoms with Gasteiger partial charge in [-0.25, -0.2) is 4.39 Å². The first kappa shape index (κ1) is 9.71. The van der Waals surface area contributed by atoms with E-state index in [1.54, 1.807) is 36.4 Å². The van der Waals surface area contributed by atoms with Gasteiger partial charge in [0.1, 0.15) is 17.3 Å². The minimum absolute atomic E-state index is 0.323.